The predicted octanol–water partition coefficient (Wildman–Crippen LogP) is -4.13. The normalized spacial score (nSPS) is 19.9. The number of alkyl halides is 3. The second-order valence-corrected chi connectivity index (χ2v) is 8.13. The summed E-state index contributed by atoms with van der Waals surface area (Å²) in [7, 11) is 0. The number of ether oxygens (including phenoxy) is 1. The van der Waals surface area contributed by atoms with E-state index in [1.807, 2.05) is 0 Å². The van der Waals surface area contributed by atoms with Gasteiger partial charge in [0.1, 0.15) is 44.5 Å². The highest BCUT2D eigenvalue weighted by molar-refractivity contribution is 5.35. The summed E-state index contributed by atoms with van der Waals surface area (Å²) in [6.45, 7) is 7.10. The number of aliphatic hydroxyl groups excluding tert-OH is 1. The third-order valence-electron chi connectivity index (χ3n) is 5.64. The zero-order valence-corrected chi connectivity index (χ0v) is 19.8. The summed E-state index contributed by atoms with van der Waals surface area (Å²) in [5.74, 6) is 0. The quantitative estimate of drug-likeness (QED) is 0.261. The molecule has 1 fully saturated rings. The van der Waals surface area contributed by atoms with E-state index in [0.717, 1.165) is 43.6 Å². The molecule has 1 unspecified atom stereocenters. The number of nitrogens with one attached hydrogen (secondary N) is 2. The molecule has 0 radical (unpaired) electrons. The van der Waals surface area contributed by atoms with E-state index in [-0.39, 0.29) is 24.8 Å². The molecule has 3 N–H and O–H groups in total. The van der Waals surface area contributed by atoms with Crippen molar-refractivity contribution in [2.24, 2.45) is 0 Å². The van der Waals surface area contributed by atoms with Crippen LogP contribution in [0.2, 0.25) is 0 Å². The number of quaternary nitrogens is 2. The first-order valence-electron chi connectivity index (χ1n) is 11.0. The number of hydrogen-bond donors (Lipinski definition) is 3. The van der Waals surface area contributed by atoms with Gasteiger partial charge in [-0.3, -0.25) is 4.90 Å². The highest BCUT2D eigenvalue weighted by Crippen LogP contribution is 2.29. The van der Waals surface area contributed by atoms with Gasteiger partial charge in [0.15, 0.2) is 0 Å². The Morgan fingerprint density at radius 2 is 1.65 bits per heavy atom. The second-order valence-electron chi connectivity index (χ2n) is 8.13. The van der Waals surface area contributed by atoms with Crippen molar-refractivity contribution in [2.75, 3.05) is 45.9 Å². The van der Waals surface area contributed by atoms with Crippen LogP contribution in [0.5, 0.6) is 0 Å². The fourth-order valence-corrected chi connectivity index (χ4v) is 3.91. The second kappa shape index (κ2) is 16.1. The zero-order chi connectivity index (χ0) is 21.1. The molecule has 1 aromatic rings. The number of benzene rings is 1. The molecule has 31 heavy (non-hydrogen) atoms. The van der Waals surface area contributed by atoms with Crippen molar-refractivity contribution in [3.63, 3.8) is 0 Å². The monoisotopic (exact) mass is 488 g/mol. The van der Waals surface area contributed by atoms with Gasteiger partial charge in [-0.25, -0.2) is 0 Å². The number of rotatable bonds is 12. The molecule has 9 heteroatoms. The summed E-state index contributed by atoms with van der Waals surface area (Å²) in [4.78, 5) is 2.37. The highest BCUT2D eigenvalue weighted by atomic mass is 35.5. The van der Waals surface area contributed by atoms with Crippen LogP contribution in [-0.2, 0) is 10.9 Å². The van der Waals surface area contributed by atoms with Gasteiger partial charge in [0.05, 0.1) is 12.2 Å². The molecule has 0 amide bonds. The lowest BCUT2D eigenvalue weighted by Gasteiger charge is -2.30. The maximum atomic E-state index is 12.9. The van der Waals surface area contributed by atoms with Gasteiger partial charge in [-0.15, -0.1) is 0 Å². The van der Waals surface area contributed by atoms with E-state index in [1.54, 1.807) is 6.07 Å². The van der Waals surface area contributed by atoms with Gasteiger partial charge in [0, 0.05) is 12.7 Å². The number of unbranched alkanes of at least 4 members (excludes halogenated alkanes) is 5. The molecular formula is C22H37Cl2F3N2O2. The number of hydrogen-bond acceptors (Lipinski definition) is 2. The minimum absolute atomic E-state index is 0. The minimum atomic E-state index is -4.30. The van der Waals surface area contributed by atoms with Crippen LogP contribution in [-0.4, -0.2) is 57.1 Å². The molecule has 1 saturated heterocycles. The number of piperazine rings is 1. The van der Waals surface area contributed by atoms with Crippen LogP contribution in [0.4, 0.5) is 18.9 Å². The molecule has 1 aliphatic rings. The average molecular weight is 489 g/mol. The highest BCUT2D eigenvalue weighted by Gasteiger charge is 2.32. The first kappa shape index (κ1) is 30.4. The van der Waals surface area contributed by atoms with E-state index in [9.17, 15) is 18.3 Å². The SMILES string of the molecule is CCCCCCCCOCC(O)C[NH+]1CC[NH+](c2cccc(C(F)(F)F)c2)CC1.[Cl-].[Cl-]. The van der Waals surface area contributed by atoms with Crippen LogP contribution in [0.1, 0.15) is 51.0 Å². The first-order chi connectivity index (χ1) is 13.9. The molecule has 0 saturated carbocycles. The molecule has 0 bridgehead atoms. The Morgan fingerprint density at radius 3 is 2.29 bits per heavy atom. The van der Waals surface area contributed by atoms with Crippen molar-refractivity contribution in [3.8, 4) is 0 Å². The van der Waals surface area contributed by atoms with Crippen LogP contribution in [0, 0.1) is 0 Å². The molecule has 1 aliphatic heterocycles. The standard InChI is InChI=1S/C22H35F3N2O2.2ClH/c1-2-3-4-5-6-7-15-29-18-21(28)17-26-11-13-27(14-12-26)20-10-8-9-19(16-20)22(23,24)25;;/h8-10,16,21,28H,2-7,11-15,17-18H2,1H3;2*1H. The lowest BCUT2D eigenvalue weighted by Crippen LogP contribution is -3.26. The van der Waals surface area contributed by atoms with Gasteiger partial charge in [-0.1, -0.05) is 45.1 Å². The van der Waals surface area contributed by atoms with E-state index < -0.39 is 17.8 Å². The Labute approximate surface area is 196 Å². The molecular weight excluding hydrogens is 452 g/mol. The molecule has 0 aromatic heterocycles. The smallest absolute Gasteiger partial charge is 0.416 e. The van der Waals surface area contributed by atoms with Gasteiger partial charge in [-0.05, 0) is 18.6 Å². The molecule has 182 valence electrons. The summed E-state index contributed by atoms with van der Waals surface area (Å²) >= 11 is 0. The summed E-state index contributed by atoms with van der Waals surface area (Å²) < 4.78 is 44.3. The Morgan fingerprint density at radius 1 is 1.00 bits per heavy atom. The maximum Gasteiger partial charge on any atom is 0.416 e. The fourth-order valence-electron chi connectivity index (χ4n) is 3.91. The molecule has 0 aliphatic carbocycles. The summed E-state index contributed by atoms with van der Waals surface area (Å²) in [6.07, 6.45) is 2.53. The van der Waals surface area contributed by atoms with Crippen molar-refractivity contribution < 1.29 is 57.6 Å². The topological polar surface area (TPSA) is 38.3 Å². The predicted molar refractivity (Wildman–Crippen MR) is 108 cm³/mol. The van der Waals surface area contributed by atoms with Gasteiger partial charge >= 0.3 is 6.18 Å². The molecule has 1 aromatic carbocycles. The van der Waals surface area contributed by atoms with Crippen molar-refractivity contribution in [1.29, 1.82) is 0 Å². The Kier molecular flexibility index (Phi) is 15.8. The maximum absolute atomic E-state index is 12.9. The van der Waals surface area contributed by atoms with E-state index in [0.29, 0.717) is 25.4 Å². The van der Waals surface area contributed by atoms with Crippen LogP contribution < -0.4 is 34.6 Å². The Hall–Kier alpha value is -0.570. The largest absolute Gasteiger partial charge is 1.00 e. The molecule has 1 heterocycles. The Balaban J connectivity index is 0.00000450. The number of halogens is 5. The van der Waals surface area contributed by atoms with Crippen LogP contribution >= 0.6 is 0 Å². The van der Waals surface area contributed by atoms with E-state index in [4.69, 9.17) is 4.74 Å². The molecule has 2 rings (SSSR count). The number of aliphatic hydroxyl groups is 1. The molecule has 4 nitrogen and oxygen atoms in total. The van der Waals surface area contributed by atoms with Crippen LogP contribution in [0.15, 0.2) is 24.3 Å². The van der Waals surface area contributed by atoms with Crippen LogP contribution in [0.25, 0.3) is 0 Å². The van der Waals surface area contributed by atoms with Gasteiger partial charge in [0.2, 0.25) is 0 Å². The van der Waals surface area contributed by atoms with E-state index in [1.165, 1.54) is 49.1 Å². The summed E-state index contributed by atoms with van der Waals surface area (Å²) in [5.41, 5.74) is 0.108. The van der Waals surface area contributed by atoms with E-state index >= 15 is 0 Å². The summed E-state index contributed by atoms with van der Waals surface area (Å²) in [6, 6.07) is 5.62. The average Bonchev–Trinajstić information content (AvgIpc) is 2.70. The molecule has 1 atom stereocenters. The molecule has 0 spiro atoms. The van der Waals surface area contributed by atoms with Gasteiger partial charge in [0.25, 0.3) is 0 Å². The lowest BCUT2D eigenvalue weighted by molar-refractivity contribution is -0.988. The van der Waals surface area contributed by atoms with Crippen molar-refractivity contribution >= 4 is 5.69 Å². The minimum Gasteiger partial charge on any atom is -1.00 e. The fraction of sp³-hybridized carbons (Fsp3) is 0.727. The summed E-state index contributed by atoms with van der Waals surface area (Å²) in [5, 5.41) is 10.2. The van der Waals surface area contributed by atoms with E-state index in [2.05, 4.69) is 6.92 Å². The zero-order valence-electron chi connectivity index (χ0n) is 18.3. The van der Waals surface area contributed by atoms with Crippen molar-refractivity contribution in [2.45, 2.75) is 57.7 Å². The first-order valence-corrected chi connectivity index (χ1v) is 11.0. The third kappa shape index (κ3) is 11.7. The Bertz CT molecular complexity index is 586. The third-order valence-corrected chi connectivity index (χ3v) is 5.64. The van der Waals surface area contributed by atoms with Crippen molar-refractivity contribution in [3.05, 3.63) is 29.8 Å². The van der Waals surface area contributed by atoms with Crippen molar-refractivity contribution in [1.82, 2.24) is 0 Å². The van der Waals surface area contributed by atoms with Crippen LogP contribution in [0.3, 0.4) is 0 Å². The van der Waals surface area contributed by atoms with Gasteiger partial charge < -0.3 is 39.6 Å². The van der Waals surface area contributed by atoms with Gasteiger partial charge in [-0.2, -0.15) is 13.2 Å². The lowest BCUT2D eigenvalue weighted by atomic mass is 10.1.